The minimum absolute atomic E-state index is 0.0444. The van der Waals surface area contributed by atoms with Crippen molar-refractivity contribution < 1.29 is 32.2 Å². The fourth-order valence-corrected chi connectivity index (χ4v) is 6.65. The van der Waals surface area contributed by atoms with Crippen LogP contribution in [0.3, 0.4) is 0 Å². The highest BCUT2D eigenvalue weighted by Gasteiger charge is 2.58. The van der Waals surface area contributed by atoms with E-state index in [1.54, 1.807) is 4.90 Å². The van der Waals surface area contributed by atoms with Crippen LogP contribution in [-0.4, -0.2) is 76.9 Å². The molecule has 216 valence electrons. The van der Waals surface area contributed by atoms with Crippen LogP contribution in [0.1, 0.15) is 52.0 Å². The molecule has 1 aromatic heterocycles. The van der Waals surface area contributed by atoms with E-state index in [0.717, 1.165) is 18.9 Å². The smallest absolute Gasteiger partial charge is 0.418 e. The lowest BCUT2D eigenvalue weighted by molar-refractivity contribution is -0.136. The summed E-state index contributed by atoms with van der Waals surface area (Å²) in [5, 5.41) is 3.25. The molecule has 1 spiro atoms. The first-order valence-corrected chi connectivity index (χ1v) is 13.8. The van der Waals surface area contributed by atoms with Crippen molar-refractivity contribution in [3.05, 3.63) is 30.1 Å². The van der Waals surface area contributed by atoms with Gasteiger partial charge in [-0.05, 0) is 58.6 Å². The maximum atomic E-state index is 13.7. The Morgan fingerprint density at radius 1 is 1.05 bits per heavy atom. The largest absolute Gasteiger partial charge is 0.444 e. The quantitative estimate of drug-likeness (QED) is 0.602. The first kappa shape index (κ1) is 27.0. The number of benzene rings is 1. The van der Waals surface area contributed by atoms with E-state index in [9.17, 15) is 22.8 Å². The van der Waals surface area contributed by atoms with Gasteiger partial charge in [-0.2, -0.15) is 13.2 Å². The van der Waals surface area contributed by atoms with E-state index in [4.69, 9.17) is 9.47 Å². The highest BCUT2D eigenvalue weighted by molar-refractivity contribution is 5.92. The molecule has 3 atom stereocenters. The Morgan fingerprint density at radius 2 is 1.70 bits per heavy atom. The third-order valence-electron chi connectivity index (χ3n) is 8.58. The van der Waals surface area contributed by atoms with Crippen molar-refractivity contribution in [2.24, 2.45) is 11.3 Å². The number of carbonyl (C=O) groups excluding carboxylic acids is 2. The number of hydrogen-bond donors (Lipinski definition) is 1. The Hall–Kier alpha value is -3.15. The molecule has 9 nitrogen and oxygen atoms in total. The lowest BCUT2D eigenvalue weighted by Crippen LogP contribution is -2.63. The molecule has 1 saturated carbocycles. The summed E-state index contributed by atoms with van der Waals surface area (Å²) in [7, 11) is 0. The molecule has 2 bridgehead atoms. The standard InChI is InChI=1S/C28H34F3N5O4/c1-26(2,3)40-25(38)36-17-10-16(11-18(36)14-39-13-17)34-24(37)20-12-35(15-27(20)6-7-27)21-5-4-19(28(29,30)31)22-23(21)33-9-8-32-22/h4-5,8-9,16-18,20H,6-7,10-15H2,1-3H3,(H,34,37). The topological polar surface area (TPSA) is 96.9 Å². The van der Waals surface area contributed by atoms with E-state index in [1.807, 2.05) is 25.7 Å². The molecule has 3 unspecified atom stereocenters. The summed E-state index contributed by atoms with van der Waals surface area (Å²) in [6.45, 7) is 7.28. The van der Waals surface area contributed by atoms with Crippen LogP contribution in [0.5, 0.6) is 0 Å². The highest BCUT2D eigenvalue weighted by Crippen LogP contribution is 2.57. The number of morpholine rings is 1. The zero-order chi connectivity index (χ0) is 28.4. The molecule has 1 aliphatic carbocycles. The maximum Gasteiger partial charge on any atom is 0.418 e. The molecule has 2 amide bonds. The van der Waals surface area contributed by atoms with Gasteiger partial charge in [0.25, 0.3) is 0 Å². The van der Waals surface area contributed by atoms with Gasteiger partial charge in [0, 0.05) is 36.9 Å². The van der Waals surface area contributed by atoms with E-state index in [2.05, 4.69) is 15.3 Å². The first-order chi connectivity index (χ1) is 18.8. The fraction of sp³-hybridized carbons (Fsp3) is 0.643. The Bertz CT molecular complexity index is 1310. The van der Waals surface area contributed by atoms with Gasteiger partial charge in [0.1, 0.15) is 16.6 Å². The normalized spacial score (nSPS) is 27.6. The molecular formula is C28H34F3N5O4. The van der Waals surface area contributed by atoms with Crippen molar-refractivity contribution in [3.8, 4) is 0 Å². The molecule has 1 N–H and O–H groups in total. The van der Waals surface area contributed by atoms with Crippen LogP contribution in [0, 0.1) is 11.3 Å². The third-order valence-corrected chi connectivity index (χ3v) is 8.58. The molecule has 4 aliphatic rings. The van der Waals surface area contributed by atoms with E-state index in [-0.39, 0.29) is 52.5 Å². The number of nitrogens with zero attached hydrogens (tertiary/aromatic N) is 4. The summed E-state index contributed by atoms with van der Waals surface area (Å²) in [5.41, 5.74) is -1.05. The van der Waals surface area contributed by atoms with Gasteiger partial charge < -0.3 is 19.7 Å². The average Bonchev–Trinajstić information content (AvgIpc) is 3.52. The van der Waals surface area contributed by atoms with Crippen LogP contribution in [0.4, 0.5) is 23.7 Å². The molecule has 3 saturated heterocycles. The Kier molecular flexibility index (Phi) is 6.39. The molecule has 1 aromatic carbocycles. The van der Waals surface area contributed by atoms with Gasteiger partial charge in [-0.3, -0.25) is 19.7 Å². The van der Waals surface area contributed by atoms with Gasteiger partial charge in [0.15, 0.2) is 0 Å². The molecule has 4 heterocycles. The Morgan fingerprint density at radius 3 is 2.30 bits per heavy atom. The molecule has 2 aromatic rings. The van der Waals surface area contributed by atoms with Crippen molar-refractivity contribution in [1.29, 1.82) is 0 Å². The van der Waals surface area contributed by atoms with E-state index >= 15 is 0 Å². The number of hydrogen-bond acceptors (Lipinski definition) is 7. The first-order valence-electron chi connectivity index (χ1n) is 13.8. The number of carbonyl (C=O) groups is 2. The number of ether oxygens (including phenoxy) is 2. The van der Waals surface area contributed by atoms with Crippen LogP contribution >= 0.6 is 0 Å². The van der Waals surface area contributed by atoms with Crippen LogP contribution in [0.25, 0.3) is 11.0 Å². The number of halogens is 3. The fourth-order valence-electron chi connectivity index (χ4n) is 6.65. The molecule has 0 radical (unpaired) electrons. The predicted octanol–water partition coefficient (Wildman–Crippen LogP) is 4.15. The minimum Gasteiger partial charge on any atom is -0.444 e. The number of fused-ring (bicyclic) bond motifs is 3. The zero-order valence-electron chi connectivity index (χ0n) is 22.8. The molecule has 4 fully saturated rings. The molecule has 3 aliphatic heterocycles. The average molecular weight is 562 g/mol. The number of aromatic nitrogens is 2. The minimum atomic E-state index is -4.54. The van der Waals surface area contributed by atoms with E-state index in [1.165, 1.54) is 18.5 Å². The Balaban J connectivity index is 1.17. The van der Waals surface area contributed by atoms with Crippen LogP contribution < -0.4 is 10.2 Å². The van der Waals surface area contributed by atoms with Crippen molar-refractivity contribution >= 4 is 28.7 Å². The summed E-state index contributed by atoms with van der Waals surface area (Å²) in [4.78, 5) is 38.6. The lowest BCUT2D eigenvalue weighted by atomic mass is 9.88. The van der Waals surface area contributed by atoms with Gasteiger partial charge >= 0.3 is 12.3 Å². The van der Waals surface area contributed by atoms with E-state index < -0.39 is 17.3 Å². The second-order valence-corrected chi connectivity index (χ2v) is 12.6. The number of nitrogens with one attached hydrogen (secondary N) is 1. The molecular weight excluding hydrogens is 527 g/mol. The van der Waals surface area contributed by atoms with Gasteiger partial charge in [0.2, 0.25) is 5.91 Å². The number of piperidine rings is 1. The van der Waals surface area contributed by atoms with Gasteiger partial charge in [-0.15, -0.1) is 0 Å². The van der Waals surface area contributed by atoms with Crippen molar-refractivity contribution in [2.45, 2.75) is 76.4 Å². The van der Waals surface area contributed by atoms with Crippen LogP contribution in [-0.2, 0) is 20.4 Å². The molecule has 40 heavy (non-hydrogen) atoms. The zero-order valence-corrected chi connectivity index (χ0v) is 22.8. The van der Waals surface area contributed by atoms with Crippen molar-refractivity contribution in [3.63, 3.8) is 0 Å². The maximum absolute atomic E-state index is 13.7. The predicted molar refractivity (Wildman–Crippen MR) is 140 cm³/mol. The second-order valence-electron chi connectivity index (χ2n) is 12.6. The molecule has 6 rings (SSSR count). The third kappa shape index (κ3) is 4.95. The van der Waals surface area contributed by atoms with E-state index in [0.29, 0.717) is 44.8 Å². The number of amides is 2. The Labute approximate surface area is 230 Å². The monoisotopic (exact) mass is 561 g/mol. The highest BCUT2D eigenvalue weighted by atomic mass is 19.4. The summed E-state index contributed by atoms with van der Waals surface area (Å²) in [6, 6.07) is 2.04. The number of alkyl halides is 3. The summed E-state index contributed by atoms with van der Waals surface area (Å²) in [5.74, 6) is -0.335. The summed E-state index contributed by atoms with van der Waals surface area (Å²) in [6.07, 6.45) is 0.686. The van der Waals surface area contributed by atoms with Crippen LogP contribution in [0.2, 0.25) is 0 Å². The SMILES string of the molecule is CC(C)(C)OC(=O)N1C2COCC1CC(NC(=O)C1CN(c3ccc(C(F)(F)F)c4nccnc34)CC13CC3)C2. The van der Waals surface area contributed by atoms with Gasteiger partial charge in [-0.1, -0.05) is 0 Å². The number of anilines is 1. The van der Waals surface area contributed by atoms with Gasteiger partial charge in [-0.25, -0.2) is 4.79 Å². The summed E-state index contributed by atoms with van der Waals surface area (Å²) >= 11 is 0. The van der Waals surface area contributed by atoms with Crippen molar-refractivity contribution in [2.75, 3.05) is 31.2 Å². The lowest BCUT2D eigenvalue weighted by Gasteiger charge is -2.48. The number of rotatable bonds is 3. The molecule has 12 heteroatoms. The summed E-state index contributed by atoms with van der Waals surface area (Å²) < 4.78 is 52.2. The second kappa shape index (κ2) is 9.46. The van der Waals surface area contributed by atoms with Gasteiger partial charge in [0.05, 0.1) is 42.5 Å². The van der Waals surface area contributed by atoms with Crippen molar-refractivity contribution in [1.82, 2.24) is 20.2 Å². The van der Waals surface area contributed by atoms with Crippen LogP contribution in [0.15, 0.2) is 24.5 Å².